The van der Waals surface area contributed by atoms with Crippen LogP contribution in [0.3, 0.4) is 0 Å². The molecule has 26 heavy (non-hydrogen) atoms. The van der Waals surface area contributed by atoms with Gasteiger partial charge in [0.2, 0.25) is 0 Å². The van der Waals surface area contributed by atoms with E-state index < -0.39 is 0 Å². The second kappa shape index (κ2) is 6.31. The van der Waals surface area contributed by atoms with Crippen LogP contribution in [0.4, 0.5) is 0 Å². The summed E-state index contributed by atoms with van der Waals surface area (Å²) in [6.45, 7) is 1.87. The van der Waals surface area contributed by atoms with Crippen LogP contribution in [0.25, 0.3) is 11.1 Å². The van der Waals surface area contributed by atoms with Gasteiger partial charge in [0.05, 0.1) is 19.8 Å². The van der Waals surface area contributed by atoms with Gasteiger partial charge < -0.3 is 14.2 Å². The molecule has 5 rings (SSSR count). The molecule has 0 bridgehead atoms. The number of hydrogen-bond acceptors (Lipinski definition) is 4. The average molecular weight is 350 g/mol. The van der Waals surface area contributed by atoms with Crippen molar-refractivity contribution in [2.45, 2.75) is 37.1 Å². The highest BCUT2D eigenvalue weighted by Gasteiger charge is 2.47. The standard InChI is InChI=1S/C22H22O4/c23-19(20-14-26-20)13-22(10-9-21-24-11-12-25-21)17-7-3-1-5-15(17)16-6-2-4-8-18(16)22/h1-8,20-21H,9-14H2. The molecule has 2 aliphatic heterocycles. The summed E-state index contributed by atoms with van der Waals surface area (Å²) < 4.78 is 16.6. The Morgan fingerprint density at radius 1 is 0.923 bits per heavy atom. The summed E-state index contributed by atoms with van der Waals surface area (Å²) in [7, 11) is 0. The highest BCUT2D eigenvalue weighted by molar-refractivity contribution is 5.90. The average Bonchev–Trinajstić information content (AvgIpc) is 3.34. The zero-order chi connectivity index (χ0) is 17.6. The zero-order valence-electron chi connectivity index (χ0n) is 14.6. The Labute approximate surface area is 153 Å². The van der Waals surface area contributed by atoms with E-state index in [4.69, 9.17) is 14.2 Å². The number of ketones is 1. The summed E-state index contributed by atoms with van der Waals surface area (Å²) in [5.74, 6) is 0.199. The highest BCUT2D eigenvalue weighted by atomic mass is 16.7. The van der Waals surface area contributed by atoms with Crippen molar-refractivity contribution in [1.29, 1.82) is 0 Å². The molecule has 4 nitrogen and oxygen atoms in total. The van der Waals surface area contributed by atoms with Crippen LogP contribution in [-0.4, -0.2) is 38.0 Å². The summed E-state index contributed by atoms with van der Waals surface area (Å²) in [5.41, 5.74) is 4.63. The number of carbonyl (C=O) groups excluding carboxylic acids is 1. The Hall–Kier alpha value is -2.01. The minimum atomic E-state index is -0.328. The van der Waals surface area contributed by atoms with Crippen molar-refractivity contribution in [2.24, 2.45) is 0 Å². The van der Waals surface area contributed by atoms with E-state index in [0.717, 1.165) is 12.8 Å². The van der Waals surface area contributed by atoms with E-state index >= 15 is 0 Å². The first-order chi connectivity index (χ1) is 12.8. The van der Waals surface area contributed by atoms with Crippen molar-refractivity contribution in [1.82, 2.24) is 0 Å². The summed E-state index contributed by atoms with van der Waals surface area (Å²) in [4.78, 5) is 12.8. The van der Waals surface area contributed by atoms with Crippen LogP contribution in [0.5, 0.6) is 0 Å². The molecule has 0 N–H and O–H groups in total. The van der Waals surface area contributed by atoms with Gasteiger partial charge in [-0.1, -0.05) is 48.5 Å². The van der Waals surface area contributed by atoms with Gasteiger partial charge in [-0.3, -0.25) is 4.79 Å². The normalized spacial score (nSPS) is 22.8. The predicted octanol–water partition coefficient (Wildman–Crippen LogP) is 3.46. The van der Waals surface area contributed by atoms with Gasteiger partial charge in [-0.2, -0.15) is 0 Å². The predicted molar refractivity (Wildman–Crippen MR) is 96.9 cm³/mol. The van der Waals surface area contributed by atoms with Crippen molar-refractivity contribution >= 4 is 5.78 Å². The molecule has 4 heteroatoms. The Balaban J connectivity index is 1.58. The first kappa shape index (κ1) is 16.2. The molecule has 2 fully saturated rings. The third-order valence-electron chi connectivity index (χ3n) is 5.84. The Kier molecular flexibility index (Phi) is 3.92. The third kappa shape index (κ3) is 2.60. The topological polar surface area (TPSA) is 48.1 Å². The molecule has 0 radical (unpaired) electrons. The molecule has 2 aromatic carbocycles. The quantitative estimate of drug-likeness (QED) is 0.749. The molecule has 0 amide bonds. The van der Waals surface area contributed by atoms with Crippen molar-refractivity contribution in [3.8, 4) is 11.1 Å². The fraction of sp³-hybridized carbons (Fsp3) is 0.409. The number of hydrogen-bond donors (Lipinski definition) is 0. The van der Waals surface area contributed by atoms with E-state index in [9.17, 15) is 4.79 Å². The van der Waals surface area contributed by atoms with Gasteiger partial charge >= 0.3 is 0 Å². The lowest BCUT2D eigenvalue weighted by Crippen LogP contribution is -2.32. The molecule has 0 aromatic heterocycles. The molecule has 1 unspecified atom stereocenters. The summed E-state index contributed by atoms with van der Waals surface area (Å²) in [6.07, 6.45) is 1.69. The molecule has 134 valence electrons. The van der Waals surface area contributed by atoms with Crippen LogP contribution in [0.2, 0.25) is 0 Å². The maximum Gasteiger partial charge on any atom is 0.165 e. The van der Waals surface area contributed by atoms with Gasteiger partial charge in [-0.05, 0) is 35.1 Å². The number of epoxide rings is 1. The first-order valence-electron chi connectivity index (χ1n) is 9.35. The van der Waals surface area contributed by atoms with E-state index in [1.54, 1.807) is 0 Å². The van der Waals surface area contributed by atoms with E-state index in [1.165, 1.54) is 22.3 Å². The summed E-state index contributed by atoms with van der Waals surface area (Å²) >= 11 is 0. The SMILES string of the molecule is O=C(CC1(CCC2OCCO2)c2ccccc2-c2ccccc21)C1CO1. The number of Topliss-reactive ketones (excluding diaryl/α,β-unsaturated/α-hetero) is 1. The second-order valence-electron chi connectivity index (χ2n) is 7.35. The fourth-order valence-electron chi connectivity index (χ4n) is 4.55. The number of rotatable bonds is 6. The molecule has 2 saturated heterocycles. The van der Waals surface area contributed by atoms with Crippen LogP contribution in [-0.2, 0) is 24.4 Å². The molecule has 1 aliphatic carbocycles. The maximum atomic E-state index is 12.8. The molecule has 2 heterocycles. The molecular formula is C22H22O4. The van der Waals surface area contributed by atoms with Crippen LogP contribution >= 0.6 is 0 Å². The molecule has 2 aromatic rings. The first-order valence-corrected chi connectivity index (χ1v) is 9.35. The maximum absolute atomic E-state index is 12.8. The van der Waals surface area contributed by atoms with Crippen LogP contribution in [0, 0.1) is 0 Å². The van der Waals surface area contributed by atoms with Crippen LogP contribution in [0.15, 0.2) is 48.5 Å². The molecule has 0 saturated carbocycles. The Bertz CT molecular complexity index is 788. The van der Waals surface area contributed by atoms with E-state index in [-0.39, 0.29) is 23.6 Å². The monoisotopic (exact) mass is 350 g/mol. The molecule has 1 atom stereocenters. The van der Waals surface area contributed by atoms with Gasteiger partial charge in [-0.25, -0.2) is 0 Å². The lowest BCUT2D eigenvalue weighted by Gasteiger charge is -2.32. The van der Waals surface area contributed by atoms with Crippen molar-refractivity contribution < 1.29 is 19.0 Å². The van der Waals surface area contributed by atoms with Gasteiger partial charge in [0.25, 0.3) is 0 Å². The van der Waals surface area contributed by atoms with Crippen molar-refractivity contribution in [3.63, 3.8) is 0 Å². The van der Waals surface area contributed by atoms with Gasteiger partial charge in [0.1, 0.15) is 6.10 Å². The van der Waals surface area contributed by atoms with Gasteiger partial charge in [0, 0.05) is 11.8 Å². The van der Waals surface area contributed by atoms with Gasteiger partial charge in [-0.15, -0.1) is 0 Å². The van der Waals surface area contributed by atoms with Crippen molar-refractivity contribution in [2.75, 3.05) is 19.8 Å². The van der Waals surface area contributed by atoms with Crippen LogP contribution in [0.1, 0.15) is 30.4 Å². The fourth-order valence-corrected chi connectivity index (χ4v) is 4.55. The number of ether oxygens (including phenoxy) is 3. The van der Waals surface area contributed by atoms with Crippen LogP contribution < -0.4 is 0 Å². The minimum Gasteiger partial charge on any atom is -0.365 e. The van der Waals surface area contributed by atoms with E-state index in [1.807, 2.05) is 0 Å². The van der Waals surface area contributed by atoms with E-state index in [2.05, 4.69) is 48.5 Å². The second-order valence-corrected chi connectivity index (χ2v) is 7.35. The number of carbonyl (C=O) groups is 1. The number of benzene rings is 2. The Morgan fingerprint density at radius 2 is 1.50 bits per heavy atom. The third-order valence-corrected chi connectivity index (χ3v) is 5.84. The lowest BCUT2D eigenvalue weighted by molar-refractivity contribution is -0.121. The smallest absolute Gasteiger partial charge is 0.165 e. The molecule has 0 spiro atoms. The van der Waals surface area contributed by atoms with Gasteiger partial charge in [0.15, 0.2) is 12.1 Å². The number of fused-ring (bicyclic) bond motifs is 3. The Morgan fingerprint density at radius 3 is 2.08 bits per heavy atom. The molecular weight excluding hydrogens is 328 g/mol. The summed E-state index contributed by atoms with van der Waals surface area (Å²) in [6, 6.07) is 17.0. The minimum absolute atomic E-state index is 0.168. The zero-order valence-corrected chi connectivity index (χ0v) is 14.6. The van der Waals surface area contributed by atoms with E-state index in [0.29, 0.717) is 26.2 Å². The lowest BCUT2D eigenvalue weighted by atomic mass is 9.70. The largest absolute Gasteiger partial charge is 0.365 e. The van der Waals surface area contributed by atoms with Crippen molar-refractivity contribution in [3.05, 3.63) is 59.7 Å². The highest BCUT2D eigenvalue weighted by Crippen LogP contribution is 2.53. The molecule has 3 aliphatic rings. The summed E-state index contributed by atoms with van der Waals surface area (Å²) in [5, 5.41) is 0.